The first kappa shape index (κ1) is 15.0. The van der Waals surface area contributed by atoms with Gasteiger partial charge in [0.2, 0.25) is 5.76 Å². The van der Waals surface area contributed by atoms with E-state index in [2.05, 4.69) is 3.77 Å². The molecule has 1 saturated heterocycles. The van der Waals surface area contributed by atoms with Gasteiger partial charge >= 0.3 is 5.97 Å². The Kier molecular flexibility index (Phi) is 3.89. The van der Waals surface area contributed by atoms with E-state index in [0.717, 1.165) is 6.07 Å². The summed E-state index contributed by atoms with van der Waals surface area (Å²) in [6.45, 7) is 1.68. The molecule has 1 fully saturated rings. The monoisotopic (exact) mass is 323 g/mol. The Hall–Kier alpha value is -1.39. The molecule has 8 nitrogen and oxygen atoms in total. The number of aryl methyl sites for hydroxylation is 1. The molecule has 10 heteroatoms. The zero-order valence-electron chi connectivity index (χ0n) is 10.6. The molecule has 1 N–H and O–H groups in total. The predicted molar refractivity (Wildman–Crippen MR) is 68.7 cm³/mol. The van der Waals surface area contributed by atoms with Gasteiger partial charge in [-0.1, -0.05) is 0 Å². The molecule has 0 amide bonds. The molecule has 1 aromatic heterocycles. The molecule has 112 valence electrons. The van der Waals surface area contributed by atoms with Gasteiger partial charge in [-0.3, -0.25) is 0 Å². The van der Waals surface area contributed by atoms with E-state index in [9.17, 15) is 17.4 Å². The molecule has 0 bridgehead atoms. The summed E-state index contributed by atoms with van der Waals surface area (Å²) in [5.41, 5.74) is 0. The molecular formula is C10H13NO7S2. The smallest absolute Gasteiger partial charge is 0.371 e. The van der Waals surface area contributed by atoms with Crippen LogP contribution in [-0.4, -0.2) is 48.4 Å². The quantitative estimate of drug-likeness (QED) is 0.857. The Labute approximate surface area is 116 Å². The molecule has 1 aliphatic rings. The summed E-state index contributed by atoms with van der Waals surface area (Å²) in [5.74, 6) is -1.91. The van der Waals surface area contributed by atoms with Crippen LogP contribution in [0.1, 0.15) is 16.3 Å². The molecule has 1 aliphatic heterocycles. The van der Waals surface area contributed by atoms with Gasteiger partial charge in [-0.05, 0) is 6.92 Å². The maximum Gasteiger partial charge on any atom is 0.371 e. The maximum atomic E-state index is 12.3. The first-order chi connectivity index (χ1) is 9.23. The molecule has 2 heterocycles. The van der Waals surface area contributed by atoms with Gasteiger partial charge in [-0.15, -0.1) is 3.77 Å². The fourth-order valence-corrected chi connectivity index (χ4v) is 5.67. The number of ether oxygens (including phenoxy) is 1. The van der Waals surface area contributed by atoms with Gasteiger partial charge in [0, 0.05) is 6.07 Å². The summed E-state index contributed by atoms with van der Waals surface area (Å²) in [4.78, 5) is 10.4. The Morgan fingerprint density at radius 3 is 2.50 bits per heavy atom. The predicted octanol–water partition coefficient (Wildman–Crippen LogP) is 0.473. The second-order valence-electron chi connectivity index (χ2n) is 4.18. The fourth-order valence-electron chi connectivity index (χ4n) is 1.70. The van der Waals surface area contributed by atoms with Crippen molar-refractivity contribution in [3.63, 3.8) is 0 Å². The molecule has 0 aliphatic carbocycles. The van der Waals surface area contributed by atoms with Crippen LogP contribution in [0.15, 0.2) is 19.1 Å². The molecule has 1 aromatic rings. The number of hydrogen-bond acceptors (Lipinski definition) is 6. The van der Waals surface area contributed by atoms with Gasteiger partial charge in [0.15, 0.2) is 0 Å². The average Bonchev–Trinajstić information content (AvgIpc) is 2.72. The van der Waals surface area contributed by atoms with Crippen molar-refractivity contribution in [1.82, 2.24) is 0 Å². The molecule has 20 heavy (non-hydrogen) atoms. The highest BCUT2D eigenvalue weighted by Crippen LogP contribution is 2.23. The van der Waals surface area contributed by atoms with Crippen molar-refractivity contribution in [1.29, 1.82) is 0 Å². The molecule has 0 saturated carbocycles. The highest BCUT2D eigenvalue weighted by Gasteiger charge is 2.26. The number of carboxylic acids is 1. The van der Waals surface area contributed by atoms with E-state index in [1.807, 2.05) is 0 Å². The van der Waals surface area contributed by atoms with Gasteiger partial charge in [0.1, 0.15) is 10.7 Å². The molecule has 0 aromatic carbocycles. The number of aromatic carboxylic acids is 1. The number of carbonyl (C=O) groups is 1. The van der Waals surface area contributed by atoms with Crippen LogP contribution in [0.4, 0.5) is 0 Å². The van der Waals surface area contributed by atoms with Gasteiger partial charge in [-0.25, -0.2) is 9.00 Å². The zero-order chi connectivity index (χ0) is 15.0. The lowest BCUT2D eigenvalue weighted by Gasteiger charge is -2.15. The number of nitrogens with zero attached hydrogens (tertiary/aromatic N) is 1. The SMILES string of the molecule is Cc1oc(C(=O)O)cc1S(=O)(=O)N=S1(=O)CCOCC1. The molecule has 2 rings (SSSR count). The molecule has 0 radical (unpaired) electrons. The molecule has 0 atom stereocenters. The Bertz CT molecular complexity index is 741. The number of sulfonamides is 1. The van der Waals surface area contributed by atoms with Gasteiger partial charge in [0.25, 0.3) is 10.0 Å². The van der Waals surface area contributed by atoms with E-state index in [0.29, 0.717) is 0 Å². The van der Waals surface area contributed by atoms with Crippen LogP contribution in [0.2, 0.25) is 0 Å². The second kappa shape index (κ2) is 5.19. The minimum Gasteiger partial charge on any atom is -0.475 e. The number of rotatable bonds is 3. The third-order valence-electron chi connectivity index (χ3n) is 2.69. The van der Waals surface area contributed by atoms with Crippen molar-refractivity contribution in [3.05, 3.63) is 17.6 Å². The lowest BCUT2D eigenvalue weighted by Crippen LogP contribution is -2.26. The Morgan fingerprint density at radius 1 is 1.40 bits per heavy atom. The highest BCUT2D eigenvalue weighted by atomic mass is 32.3. The minimum atomic E-state index is -4.22. The van der Waals surface area contributed by atoms with Crippen molar-refractivity contribution >= 4 is 25.7 Å². The van der Waals surface area contributed by atoms with E-state index >= 15 is 0 Å². The van der Waals surface area contributed by atoms with E-state index in [1.165, 1.54) is 6.92 Å². The van der Waals surface area contributed by atoms with Crippen molar-refractivity contribution < 1.29 is 31.7 Å². The largest absolute Gasteiger partial charge is 0.475 e. The average molecular weight is 323 g/mol. The summed E-state index contributed by atoms with van der Waals surface area (Å²) < 4.78 is 49.8. The lowest BCUT2D eigenvalue weighted by atomic mass is 10.4. The van der Waals surface area contributed by atoms with E-state index in [-0.39, 0.29) is 35.4 Å². The summed E-state index contributed by atoms with van der Waals surface area (Å²) in [6, 6.07) is 0.874. The normalized spacial score (nSPS) is 18.6. The second-order valence-corrected chi connectivity index (χ2v) is 8.53. The third kappa shape index (κ3) is 3.02. The minimum absolute atomic E-state index is 0.0366. The van der Waals surface area contributed by atoms with Crippen molar-refractivity contribution in [3.8, 4) is 0 Å². The van der Waals surface area contributed by atoms with Gasteiger partial charge < -0.3 is 14.3 Å². The Morgan fingerprint density at radius 2 is 2.00 bits per heavy atom. The fraction of sp³-hybridized carbons (Fsp3) is 0.500. The van der Waals surface area contributed by atoms with E-state index < -0.39 is 31.5 Å². The van der Waals surface area contributed by atoms with Crippen LogP contribution >= 0.6 is 0 Å². The summed E-state index contributed by atoms with van der Waals surface area (Å²) in [5, 5.41) is 8.77. The number of hydrogen-bond donors (Lipinski definition) is 1. The topological polar surface area (TPSA) is 123 Å². The van der Waals surface area contributed by atoms with Gasteiger partial charge in [0.05, 0.1) is 34.4 Å². The zero-order valence-corrected chi connectivity index (χ0v) is 12.2. The van der Waals surface area contributed by atoms with Crippen LogP contribution in [0.5, 0.6) is 0 Å². The summed E-state index contributed by atoms with van der Waals surface area (Å²) >= 11 is 0. The first-order valence-corrected chi connectivity index (χ1v) is 8.93. The van der Waals surface area contributed by atoms with Crippen LogP contribution in [-0.2, 0) is 24.5 Å². The van der Waals surface area contributed by atoms with Crippen LogP contribution in [0.3, 0.4) is 0 Å². The first-order valence-electron chi connectivity index (χ1n) is 5.64. The molecular weight excluding hydrogens is 310 g/mol. The molecule has 0 spiro atoms. The lowest BCUT2D eigenvalue weighted by molar-refractivity contribution is 0.0661. The summed E-state index contributed by atoms with van der Waals surface area (Å²) in [7, 11) is -7.13. The number of carboxylic acid groups (broad SMARTS) is 1. The van der Waals surface area contributed by atoms with E-state index in [1.54, 1.807) is 0 Å². The van der Waals surface area contributed by atoms with Crippen LogP contribution < -0.4 is 0 Å². The summed E-state index contributed by atoms with van der Waals surface area (Å²) in [6.07, 6.45) is 0. The highest BCUT2D eigenvalue weighted by molar-refractivity contribution is 8.03. The van der Waals surface area contributed by atoms with Gasteiger partial charge in [-0.2, -0.15) is 8.42 Å². The van der Waals surface area contributed by atoms with Crippen molar-refractivity contribution in [2.45, 2.75) is 11.8 Å². The third-order valence-corrected chi connectivity index (χ3v) is 7.13. The van der Waals surface area contributed by atoms with Crippen molar-refractivity contribution in [2.24, 2.45) is 3.77 Å². The Balaban J connectivity index is 2.48. The van der Waals surface area contributed by atoms with Crippen LogP contribution in [0, 0.1) is 6.92 Å². The van der Waals surface area contributed by atoms with E-state index in [4.69, 9.17) is 14.3 Å². The van der Waals surface area contributed by atoms with Crippen LogP contribution in [0.25, 0.3) is 0 Å². The maximum absolute atomic E-state index is 12.3. The standard InChI is InChI=1S/C10H13NO7S2/c1-7-9(6-8(18-7)10(12)13)20(15,16)11-19(14)4-2-17-3-5-19/h6H,2-5H2,1H3,(H,12,13). The van der Waals surface area contributed by atoms with Crippen molar-refractivity contribution in [2.75, 3.05) is 24.7 Å². The molecule has 0 unspecified atom stereocenters. The number of furan rings is 1.